The van der Waals surface area contributed by atoms with Gasteiger partial charge in [-0.15, -0.1) is 0 Å². The van der Waals surface area contributed by atoms with E-state index in [-0.39, 0.29) is 5.91 Å². The minimum absolute atomic E-state index is 0.173. The van der Waals surface area contributed by atoms with E-state index in [2.05, 4.69) is 22.2 Å². The summed E-state index contributed by atoms with van der Waals surface area (Å²) in [6.07, 6.45) is 0. The molecule has 0 bridgehead atoms. The van der Waals surface area contributed by atoms with Crippen LogP contribution in [0.25, 0.3) is 21.0 Å². The number of nitrogens with zero attached hydrogens (tertiary/aromatic N) is 3. The molecular formula is C25H26N4O2S. The smallest absolute Gasteiger partial charge is 0.260 e. The van der Waals surface area contributed by atoms with Gasteiger partial charge < -0.3 is 19.9 Å². The molecule has 0 spiro atoms. The van der Waals surface area contributed by atoms with E-state index in [1.54, 1.807) is 11.3 Å². The van der Waals surface area contributed by atoms with Gasteiger partial charge in [0, 0.05) is 31.9 Å². The molecule has 4 aromatic rings. The van der Waals surface area contributed by atoms with Crippen LogP contribution in [-0.2, 0) is 0 Å². The molecule has 1 amide bonds. The van der Waals surface area contributed by atoms with E-state index in [0.29, 0.717) is 17.9 Å². The number of benzene rings is 3. The van der Waals surface area contributed by atoms with Gasteiger partial charge in [-0.1, -0.05) is 41.7 Å². The summed E-state index contributed by atoms with van der Waals surface area (Å²) in [6, 6.07) is 17.6. The summed E-state index contributed by atoms with van der Waals surface area (Å²) in [6.45, 7) is 6.49. The molecule has 1 N–H and O–H groups in total. The standard InChI is InChI=1S/C25H26N4O2S/c1-3-31-21-11-8-17-6-4-5-7-19(17)23(21)24(30)26-18-9-10-20-22(16-18)32-25(27-20)29-14-12-28(2)13-15-29/h4-11,16H,3,12-15H2,1-2H3,(H,26,30). The topological polar surface area (TPSA) is 57.7 Å². The molecule has 5 rings (SSSR count). The highest BCUT2D eigenvalue weighted by atomic mass is 32.1. The van der Waals surface area contributed by atoms with Gasteiger partial charge in [-0.25, -0.2) is 4.98 Å². The first-order valence-corrected chi connectivity index (χ1v) is 11.7. The maximum absolute atomic E-state index is 13.3. The van der Waals surface area contributed by atoms with Crippen LogP contribution in [-0.4, -0.2) is 55.6 Å². The second-order valence-electron chi connectivity index (χ2n) is 8.02. The number of anilines is 2. The van der Waals surface area contributed by atoms with Gasteiger partial charge in [-0.05, 0) is 49.0 Å². The lowest BCUT2D eigenvalue weighted by molar-refractivity contribution is 0.102. The third kappa shape index (κ3) is 4.01. The molecule has 0 saturated carbocycles. The van der Waals surface area contributed by atoms with E-state index in [4.69, 9.17) is 9.72 Å². The molecule has 2 heterocycles. The molecule has 1 fully saturated rings. The fourth-order valence-corrected chi connectivity index (χ4v) is 5.13. The molecule has 6 nitrogen and oxygen atoms in total. The van der Waals surface area contributed by atoms with Gasteiger partial charge in [0.2, 0.25) is 0 Å². The predicted molar refractivity (Wildman–Crippen MR) is 132 cm³/mol. The van der Waals surface area contributed by atoms with Crippen LogP contribution in [0.15, 0.2) is 54.6 Å². The molecule has 0 atom stereocenters. The van der Waals surface area contributed by atoms with E-state index in [0.717, 1.165) is 58.0 Å². The van der Waals surface area contributed by atoms with Gasteiger partial charge in [0.05, 0.1) is 22.4 Å². The minimum Gasteiger partial charge on any atom is -0.493 e. The normalized spacial score (nSPS) is 14.8. The fraction of sp³-hybridized carbons (Fsp3) is 0.280. The number of carbonyl (C=O) groups is 1. The third-order valence-corrected chi connectivity index (χ3v) is 6.91. The molecule has 1 aliphatic rings. The highest BCUT2D eigenvalue weighted by molar-refractivity contribution is 7.22. The molecule has 1 saturated heterocycles. The van der Waals surface area contributed by atoms with E-state index in [1.807, 2.05) is 61.5 Å². The van der Waals surface area contributed by atoms with Gasteiger partial charge in [0.25, 0.3) is 5.91 Å². The summed E-state index contributed by atoms with van der Waals surface area (Å²) in [7, 11) is 2.15. The zero-order chi connectivity index (χ0) is 22.1. The summed E-state index contributed by atoms with van der Waals surface area (Å²) in [5.74, 6) is 0.424. The fourth-order valence-electron chi connectivity index (χ4n) is 4.08. The summed E-state index contributed by atoms with van der Waals surface area (Å²) >= 11 is 1.68. The SMILES string of the molecule is CCOc1ccc2ccccc2c1C(=O)Nc1ccc2nc(N3CCN(C)CC3)sc2c1. The zero-order valence-electron chi connectivity index (χ0n) is 18.3. The quantitative estimate of drug-likeness (QED) is 0.475. The van der Waals surface area contributed by atoms with Crippen LogP contribution in [0.4, 0.5) is 10.8 Å². The van der Waals surface area contributed by atoms with Crippen LogP contribution in [0.5, 0.6) is 5.75 Å². The Morgan fingerprint density at radius 2 is 1.91 bits per heavy atom. The van der Waals surface area contributed by atoms with Gasteiger partial charge in [0.15, 0.2) is 5.13 Å². The number of likely N-dealkylation sites (N-methyl/N-ethyl adjacent to an activating group) is 1. The predicted octanol–water partition coefficient (Wildman–Crippen LogP) is 4.85. The summed E-state index contributed by atoms with van der Waals surface area (Å²) < 4.78 is 6.84. The molecule has 32 heavy (non-hydrogen) atoms. The first kappa shape index (κ1) is 20.7. The lowest BCUT2D eigenvalue weighted by Gasteiger charge is -2.31. The van der Waals surface area contributed by atoms with Gasteiger partial charge in [-0.2, -0.15) is 0 Å². The second kappa shape index (κ2) is 8.76. The largest absolute Gasteiger partial charge is 0.493 e. The Labute approximate surface area is 191 Å². The molecule has 1 aromatic heterocycles. The summed E-state index contributed by atoms with van der Waals surface area (Å²) in [5, 5.41) is 6.01. The number of hydrogen-bond acceptors (Lipinski definition) is 6. The number of ether oxygens (including phenoxy) is 1. The Hall–Kier alpha value is -3.16. The maximum atomic E-state index is 13.3. The monoisotopic (exact) mass is 446 g/mol. The number of thiazole rings is 1. The highest BCUT2D eigenvalue weighted by Gasteiger charge is 2.19. The number of fused-ring (bicyclic) bond motifs is 2. The van der Waals surface area contributed by atoms with Crippen molar-refractivity contribution in [3.63, 3.8) is 0 Å². The molecule has 1 aliphatic heterocycles. The number of piperazine rings is 1. The van der Waals surface area contributed by atoms with Crippen LogP contribution in [0, 0.1) is 0 Å². The number of nitrogens with one attached hydrogen (secondary N) is 1. The summed E-state index contributed by atoms with van der Waals surface area (Å²) in [5.41, 5.74) is 2.28. The Morgan fingerprint density at radius 3 is 2.72 bits per heavy atom. The third-order valence-electron chi connectivity index (χ3n) is 5.83. The van der Waals surface area contributed by atoms with Crippen molar-refractivity contribution in [2.45, 2.75) is 6.92 Å². The van der Waals surface area contributed by atoms with E-state index in [1.165, 1.54) is 0 Å². The Balaban J connectivity index is 1.43. The Bertz CT molecular complexity index is 1280. The van der Waals surface area contributed by atoms with Gasteiger partial charge in [-0.3, -0.25) is 4.79 Å². The van der Waals surface area contributed by atoms with E-state index >= 15 is 0 Å². The first-order valence-electron chi connectivity index (χ1n) is 10.9. The van der Waals surface area contributed by atoms with Crippen LogP contribution < -0.4 is 15.0 Å². The minimum atomic E-state index is -0.173. The van der Waals surface area contributed by atoms with Crippen LogP contribution in [0.1, 0.15) is 17.3 Å². The van der Waals surface area contributed by atoms with Crippen LogP contribution in [0.2, 0.25) is 0 Å². The molecular weight excluding hydrogens is 420 g/mol. The molecule has 7 heteroatoms. The van der Waals surface area contributed by atoms with Crippen molar-refractivity contribution in [3.8, 4) is 5.75 Å². The number of carbonyl (C=O) groups excluding carboxylic acids is 1. The lowest BCUT2D eigenvalue weighted by Crippen LogP contribution is -2.44. The number of aromatic nitrogens is 1. The number of amides is 1. The van der Waals surface area contributed by atoms with Crippen molar-refractivity contribution in [2.75, 3.05) is 50.1 Å². The van der Waals surface area contributed by atoms with Crippen molar-refractivity contribution in [3.05, 3.63) is 60.2 Å². The second-order valence-corrected chi connectivity index (χ2v) is 9.03. The van der Waals surface area contributed by atoms with Crippen molar-refractivity contribution in [1.82, 2.24) is 9.88 Å². The van der Waals surface area contributed by atoms with Crippen LogP contribution >= 0.6 is 11.3 Å². The first-order chi connectivity index (χ1) is 15.6. The number of rotatable bonds is 5. The van der Waals surface area contributed by atoms with E-state index < -0.39 is 0 Å². The maximum Gasteiger partial charge on any atom is 0.260 e. The van der Waals surface area contributed by atoms with Crippen molar-refractivity contribution in [1.29, 1.82) is 0 Å². The molecule has 164 valence electrons. The van der Waals surface area contributed by atoms with E-state index in [9.17, 15) is 4.79 Å². The molecule has 0 aliphatic carbocycles. The zero-order valence-corrected chi connectivity index (χ0v) is 19.1. The molecule has 0 unspecified atom stereocenters. The van der Waals surface area contributed by atoms with Crippen molar-refractivity contribution in [2.24, 2.45) is 0 Å². The number of hydrogen-bond donors (Lipinski definition) is 1. The average molecular weight is 447 g/mol. The highest BCUT2D eigenvalue weighted by Crippen LogP contribution is 2.33. The summed E-state index contributed by atoms with van der Waals surface area (Å²) in [4.78, 5) is 22.8. The Morgan fingerprint density at radius 1 is 1.09 bits per heavy atom. The lowest BCUT2D eigenvalue weighted by atomic mass is 10.0. The van der Waals surface area contributed by atoms with Gasteiger partial charge >= 0.3 is 0 Å². The molecule has 0 radical (unpaired) electrons. The van der Waals surface area contributed by atoms with Crippen LogP contribution in [0.3, 0.4) is 0 Å². The van der Waals surface area contributed by atoms with Gasteiger partial charge in [0.1, 0.15) is 5.75 Å². The van der Waals surface area contributed by atoms with Crippen molar-refractivity contribution < 1.29 is 9.53 Å². The van der Waals surface area contributed by atoms with Crippen molar-refractivity contribution >= 4 is 49.1 Å². The average Bonchev–Trinajstić information content (AvgIpc) is 3.23. The molecule has 3 aromatic carbocycles. The Kier molecular flexibility index (Phi) is 5.68.